The van der Waals surface area contributed by atoms with Crippen LogP contribution in [0.3, 0.4) is 0 Å². The fourth-order valence-corrected chi connectivity index (χ4v) is 4.30. The van der Waals surface area contributed by atoms with Crippen LogP contribution in [0.5, 0.6) is 0 Å². The molecule has 0 aliphatic heterocycles. The smallest absolute Gasteiger partial charge is 0.322 e. The van der Waals surface area contributed by atoms with Gasteiger partial charge in [-0.2, -0.15) is 0 Å². The first kappa shape index (κ1) is 35.1. The van der Waals surface area contributed by atoms with Crippen LogP contribution in [0.2, 0.25) is 0 Å². The van der Waals surface area contributed by atoms with Gasteiger partial charge in [0.15, 0.2) is 0 Å². The molecule has 0 aromatic heterocycles. The number of hydrogen-bond donors (Lipinski definition) is 5. The number of rotatable bonds is 14. The fourth-order valence-electron chi connectivity index (χ4n) is 4.30. The van der Waals surface area contributed by atoms with Crippen molar-refractivity contribution in [2.75, 3.05) is 25.0 Å². The van der Waals surface area contributed by atoms with Crippen molar-refractivity contribution in [2.45, 2.75) is 77.6 Å². The number of nitrogens with zero attached hydrogens (tertiary/aromatic N) is 2. The second-order valence-electron chi connectivity index (χ2n) is 12.2. The molecule has 11 nitrogen and oxygen atoms in total. The van der Waals surface area contributed by atoms with E-state index in [0.717, 1.165) is 12.0 Å². The third kappa shape index (κ3) is 12.7. The summed E-state index contributed by atoms with van der Waals surface area (Å²) in [5.74, 6) is -1.13. The number of nitrogens with two attached hydrogens (primary N) is 1. The van der Waals surface area contributed by atoms with Crippen LogP contribution in [0.1, 0.15) is 53.0 Å². The Balaban J connectivity index is 2.29. The number of carbonyl (C=O) groups excluding carboxylic acids is 4. The summed E-state index contributed by atoms with van der Waals surface area (Å²) >= 11 is 0. The average molecular weight is 597 g/mol. The van der Waals surface area contributed by atoms with Gasteiger partial charge in [0.05, 0.1) is 25.1 Å². The van der Waals surface area contributed by atoms with E-state index in [2.05, 4.69) is 29.8 Å². The predicted octanol–water partition coefficient (Wildman–Crippen LogP) is 3.02. The quantitative estimate of drug-likeness (QED) is 0.227. The minimum absolute atomic E-state index is 0.0456. The third-order valence-corrected chi connectivity index (χ3v) is 6.71. The number of urea groups is 2. The molecule has 0 bridgehead atoms. The highest BCUT2D eigenvalue weighted by Gasteiger charge is 2.31. The maximum atomic E-state index is 13.5. The van der Waals surface area contributed by atoms with Crippen LogP contribution < -0.4 is 26.6 Å². The summed E-state index contributed by atoms with van der Waals surface area (Å²) in [5.41, 5.74) is 6.38. The molecule has 0 aliphatic carbocycles. The van der Waals surface area contributed by atoms with Crippen molar-refractivity contribution >= 4 is 29.6 Å². The highest BCUT2D eigenvalue weighted by Crippen LogP contribution is 2.14. The van der Waals surface area contributed by atoms with Crippen molar-refractivity contribution in [3.8, 4) is 0 Å². The van der Waals surface area contributed by atoms with E-state index in [4.69, 9.17) is 5.73 Å². The van der Waals surface area contributed by atoms with Crippen molar-refractivity contribution in [2.24, 2.45) is 11.7 Å². The topological polar surface area (TPSA) is 157 Å². The number of hydrogen-bond acceptors (Lipinski definition) is 5. The summed E-state index contributed by atoms with van der Waals surface area (Å²) < 4.78 is 0. The van der Waals surface area contributed by atoms with Crippen LogP contribution in [0.15, 0.2) is 60.7 Å². The Kier molecular flexibility index (Phi) is 13.5. The van der Waals surface area contributed by atoms with Crippen LogP contribution in [0, 0.1) is 5.92 Å². The van der Waals surface area contributed by atoms with Gasteiger partial charge in [-0.1, -0.05) is 62.4 Å². The fraction of sp³-hybridized carbons (Fsp3) is 0.500. The molecule has 11 heteroatoms. The SMILES string of the molecule is CC(C)CCN(CC(O)C(Cc1ccccc1)NC(=O)C(CC(N)=O)NC(=O)N(C)c1ccccc1)C(=O)NC(C)(C)C. The minimum Gasteiger partial charge on any atom is -0.389 e. The molecular formula is C32H48N6O5. The van der Waals surface area contributed by atoms with Gasteiger partial charge in [-0.3, -0.25) is 14.5 Å². The molecule has 0 fully saturated rings. The molecule has 236 valence electrons. The van der Waals surface area contributed by atoms with Crippen molar-refractivity contribution < 1.29 is 24.3 Å². The van der Waals surface area contributed by atoms with E-state index in [9.17, 15) is 24.3 Å². The third-order valence-electron chi connectivity index (χ3n) is 6.71. The lowest BCUT2D eigenvalue weighted by molar-refractivity contribution is -0.128. The molecule has 0 radical (unpaired) electrons. The Bertz CT molecular complexity index is 1190. The van der Waals surface area contributed by atoms with Crippen molar-refractivity contribution in [1.82, 2.24) is 20.9 Å². The molecule has 0 heterocycles. The van der Waals surface area contributed by atoms with Crippen LogP contribution >= 0.6 is 0 Å². The molecule has 0 saturated heterocycles. The lowest BCUT2D eigenvalue weighted by atomic mass is 9.99. The number of para-hydroxylation sites is 1. The first-order valence-corrected chi connectivity index (χ1v) is 14.6. The molecule has 43 heavy (non-hydrogen) atoms. The number of carbonyl (C=O) groups is 4. The van der Waals surface area contributed by atoms with Gasteiger partial charge in [-0.25, -0.2) is 9.59 Å². The van der Waals surface area contributed by atoms with Gasteiger partial charge in [-0.05, 0) is 57.2 Å². The van der Waals surface area contributed by atoms with Gasteiger partial charge >= 0.3 is 12.1 Å². The number of primary amides is 1. The van der Waals surface area contributed by atoms with Crippen LogP contribution in [-0.2, 0) is 16.0 Å². The van der Waals surface area contributed by atoms with Gasteiger partial charge in [0.1, 0.15) is 6.04 Å². The Hall–Kier alpha value is -4.12. The standard InChI is InChI=1S/C32H48N6O5/c1-22(2)17-18-38(31(43)36-32(3,4)5)21-27(39)25(19-23-13-9-7-10-14-23)34-29(41)26(20-28(33)40)35-30(42)37(6)24-15-11-8-12-16-24/h7-16,22,25-27,39H,17-21H2,1-6H3,(H2,33,40)(H,34,41)(H,35,42)(H,36,43). The van der Waals surface area contributed by atoms with Gasteiger partial charge in [0.2, 0.25) is 11.8 Å². The normalized spacial score (nSPS) is 13.4. The lowest BCUT2D eigenvalue weighted by Crippen LogP contribution is -2.58. The average Bonchev–Trinajstić information content (AvgIpc) is 2.93. The van der Waals surface area contributed by atoms with Crippen LogP contribution in [0.25, 0.3) is 0 Å². The largest absolute Gasteiger partial charge is 0.389 e. The molecular weight excluding hydrogens is 548 g/mol. The number of anilines is 1. The Labute approximate surface area is 255 Å². The highest BCUT2D eigenvalue weighted by molar-refractivity contribution is 5.96. The van der Waals surface area contributed by atoms with E-state index in [1.165, 1.54) is 4.90 Å². The van der Waals surface area contributed by atoms with Crippen LogP contribution in [0.4, 0.5) is 15.3 Å². The molecule has 3 unspecified atom stereocenters. The summed E-state index contributed by atoms with van der Waals surface area (Å²) in [6.45, 7) is 10.1. The van der Waals surface area contributed by atoms with Gasteiger partial charge < -0.3 is 31.7 Å². The summed E-state index contributed by atoms with van der Waals surface area (Å²) in [6.07, 6.45) is -0.642. The molecule has 2 rings (SSSR count). The van der Waals surface area contributed by atoms with Gasteiger partial charge in [0.25, 0.3) is 0 Å². The zero-order valence-electron chi connectivity index (χ0n) is 26.2. The summed E-state index contributed by atoms with van der Waals surface area (Å²) in [4.78, 5) is 54.4. The van der Waals surface area contributed by atoms with Crippen molar-refractivity contribution in [3.05, 3.63) is 66.2 Å². The van der Waals surface area contributed by atoms with Gasteiger partial charge in [-0.15, -0.1) is 0 Å². The second kappa shape index (κ2) is 16.5. The number of benzene rings is 2. The van der Waals surface area contributed by atoms with E-state index >= 15 is 0 Å². The molecule has 2 aromatic rings. The number of aliphatic hydroxyl groups excluding tert-OH is 1. The van der Waals surface area contributed by atoms with Crippen molar-refractivity contribution in [1.29, 1.82) is 0 Å². The molecule has 0 aliphatic rings. The maximum Gasteiger partial charge on any atom is 0.322 e. The minimum atomic E-state index is -1.29. The van der Waals surface area contributed by atoms with E-state index in [0.29, 0.717) is 18.2 Å². The Morgan fingerprint density at radius 3 is 2.02 bits per heavy atom. The Morgan fingerprint density at radius 1 is 0.907 bits per heavy atom. The molecule has 2 aromatic carbocycles. The summed E-state index contributed by atoms with van der Waals surface area (Å²) in [5, 5.41) is 19.8. The van der Waals surface area contributed by atoms with Crippen molar-refractivity contribution in [3.63, 3.8) is 0 Å². The summed E-state index contributed by atoms with van der Waals surface area (Å²) in [6, 6.07) is 15.1. The Morgan fingerprint density at radius 2 is 1.49 bits per heavy atom. The highest BCUT2D eigenvalue weighted by atomic mass is 16.3. The first-order valence-electron chi connectivity index (χ1n) is 14.6. The number of amides is 6. The van der Waals surface area contributed by atoms with E-state index < -0.39 is 48.0 Å². The predicted molar refractivity (Wildman–Crippen MR) is 168 cm³/mol. The van der Waals surface area contributed by atoms with E-state index in [1.54, 1.807) is 36.2 Å². The number of aliphatic hydroxyl groups is 1. The molecule has 0 saturated carbocycles. The lowest BCUT2D eigenvalue weighted by Gasteiger charge is -2.33. The van der Waals surface area contributed by atoms with Gasteiger partial charge in [0, 0.05) is 24.8 Å². The van der Waals surface area contributed by atoms with E-state index in [-0.39, 0.29) is 19.0 Å². The molecule has 3 atom stereocenters. The second-order valence-corrected chi connectivity index (χ2v) is 12.2. The molecule has 6 N–H and O–H groups in total. The summed E-state index contributed by atoms with van der Waals surface area (Å²) in [7, 11) is 1.54. The van der Waals surface area contributed by atoms with E-state index in [1.807, 2.05) is 57.2 Å². The number of nitrogens with one attached hydrogen (secondary N) is 3. The first-order chi connectivity index (χ1) is 20.2. The maximum absolute atomic E-state index is 13.5. The molecule has 6 amide bonds. The zero-order valence-corrected chi connectivity index (χ0v) is 26.2. The monoisotopic (exact) mass is 596 g/mol. The zero-order chi connectivity index (χ0) is 32.2. The van der Waals surface area contributed by atoms with Crippen LogP contribution in [-0.4, -0.2) is 77.7 Å². The molecule has 0 spiro atoms.